The van der Waals surface area contributed by atoms with Crippen LogP contribution >= 0.6 is 11.8 Å². The molecule has 0 saturated carbocycles. The molecule has 1 unspecified atom stereocenters. The number of rotatable bonds is 9. The summed E-state index contributed by atoms with van der Waals surface area (Å²) in [4.78, 5) is 17.3. The van der Waals surface area contributed by atoms with Gasteiger partial charge >= 0.3 is 0 Å². The summed E-state index contributed by atoms with van der Waals surface area (Å²) in [5, 5.41) is 16.0. The van der Waals surface area contributed by atoms with Crippen molar-refractivity contribution < 1.29 is 9.32 Å². The molecule has 9 heteroatoms. The van der Waals surface area contributed by atoms with E-state index in [0.717, 1.165) is 29.7 Å². The van der Waals surface area contributed by atoms with E-state index in [4.69, 9.17) is 4.52 Å². The van der Waals surface area contributed by atoms with Gasteiger partial charge in [0.2, 0.25) is 5.91 Å². The monoisotopic (exact) mass is 462 g/mol. The number of hydrogen-bond donors (Lipinski definition) is 1. The Morgan fingerprint density at radius 1 is 1.15 bits per heavy atom. The molecule has 0 aliphatic heterocycles. The fourth-order valence-electron chi connectivity index (χ4n) is 3.46. The fourth-order valence-corrected chi connectivity index (χ4v) is 4.54. The highest BCUT2D eigenvalue weighted by Gasteiger charge is 2.26. The fraction of sp³-hybridized carbons (Fsp3) is 0.292. The van der Waals surface area contributed by atoms with Gasteiger partial charge in [-0.05, 0) is 44.0 Å². The van der Waals surface area contributed by atoms with E-state index >= 15 is 0 Å². The average molecular weight is 463 g/mol. The summed E-state index contributed by atoms with van der Waals surface area (Å²) in [5.41, 5.74) is 2.96. The minimum Gasteiger partial charge on any atom is -0.360 e. The zero-order valence-corrected chi connectivity index (χ0v) is 19.7. The number of amides is 1. The molecule has 33 heavy (non-hydrogen) atoms. The van der Waals surface area contributed by atoms with Gasteiger partial charge in [-0.25, -0.2) is 0 Å². The van der Waals surface area contributed by atoms with Crippen molar-refractivity contribution in [1.29, 1.82) is 0 Å². The number of nitrogens with zero attached hydrogens (tertiary/aromatic N) is 5. The number of nitrogens with one attached hydrogen (secondary N) is 1. The second-order valence-corrected chi connectivity index (χ2v) is 8.89. The van der Waals surface area contributed by atoms with E-state index in [1.165, 1.54) is 11.8 Å². The standard InChI is InChI=1S/C24H26N6O2S/c1-4-5-10-20(23(31)26-21-15-17(3)32-29-21)33-24-28-27-22(18-11-13-25-14-12-18)30(24)19-9-7-6-8-16(19)2/h6-9,11-15,20H,4-5,10H2,1-3H3,(H,26,29,31). The third kappa shape index (κ3) is 5.31. The number of pyridine rings is 1. The first-order valence-corrected chi connectivity index (χ1v) is 11.8. The van der Waals surface area contributed by atoms with E-state index in [-0.39, 0.29) is 11.2 Å². The average Bonchev–Trinajstić information content (AvgIpc) is 3.43. The van der Waals surface area contributed by atoms with Gasteiger partial charge in [-0.3, -0.25) is 14.3 Å². The minimum atomic E-state index is -0.362. The number of hydrogen-bond acceptors (Lipinski definition) is 7. The number of benzene rings is 1. The van der Waals surface area contributed by atoms with E-state index < -0.39 is 0 Å². The molecule has 8 nitrogen and oxygen atoms in total. The highest BCUT2D eigenvalue weighted by atomic mass is 32.2. The van der Waals surface area contributed by atoms with Crippen molar-refractivity contribution >= 4 is 23.5 Å². The quantitative estimate of drug-likeness (QED) is 0.340. The van der Waals surface area contributed by atoms with E-state index in [0.29, 0.717) is 29.0 Å². The molecule has 0 spiro atoms. The highest BCUT2D eigenvalue weighted by Crippen LogP contribution is 2.33. The van der Waals surface area contributed by atoms with Crippen LogP contribution in [0, 0.1) is 13.8 Å². The lowest BCUT2D eigenvalue weighted by Crippen LogP contribution is -2.26. The normalized spacial score (nSPS) is 12.0. The van der Waals surface area contributed by atoms with Crippen LogP contribution in [0.15, 0.2) is 64.5 Å². The maximum absolute atomic E-state index is 13.1. The topological polar surface area (TPSA) is 98.7 Å². The van der Waals surface area contributed by atoms with Crippen molar-refractivity contribution in [3.63, 3.8) is 0 Å². The molecule has 0 radical (unpaired) electrons. The number of unbranched alkanes of at least 4 members (excludes halogenated alkanes) is 1. The van der Waals surface area contributed by atoms with Crippen LogP contribution in [0.1, 0.15) is 37.5 Å². The largest absolute Gasteiger partial charge is 0.360 e. The molecule has 1 N–H and O–H groups in total. The van der Waals surface area contributed by atoms with Gasteiger partial charge in [-0.1, -0.05) is 54.9 Å². The molecule has 1 amide bonds. The summed E-state index contributed by atoms with van der Waals surface area (Å²) >= 11 is 1.41. The molecule has 0 bridgehead atoms. The van der Waals surface area contributed by atoms with Crippen LogP contribution in [-0.2, 0) is 4.79 Å². The minimum absolute atomic E-state index is 0.133. The van der Waals surface area contributed by atoms with Gasteiger partial charge in [0.25, 0.3) is 0 Å². The SMILES string of the molecule is CCCCC(Sc1nnc(-c2ccncc2)n1-c1ccccc1C)C(=O)Nc1cc(C)on1. The Hall–Kier alpha value is -3.46. The predicted octanol–water partition coefficient (Wildman–Crippen LogP) is 5.22. The summed E-state index contributed by atoms with van der Waals surface area (Å²) in [6.45, 7) is 5.95. The summed E-state index contributed by atoms with van der Waals surface area (Å²) in [6.07, 6.45) is 6.07. The Kier molecular flexibility index (Phi) is 7.19. The molecule has 0 fully saturated rings. The van der Waals surface area contributed by atoms with Crippen molar-refractivity contribution in [3.05, 3.63) is 66.2 Å². The molecule has 1 atom stereocenters. The van der Waals surface area contributed by atoms with Crippen LogP contribution in [0.3, 0.4) is 0 Å². The van der Waals surface area contributed by atoms with Gasteiger partial charge in [0.15, 0.2) is 16.8 Å². The van der Waals surface area contributed by atoms with Gasteiger partial charge < -0.3 is 9.84 Å². The van der Waals surface area contributed by atoms with Crippen molar-refractivity contribution in [1.82, 2.24) is 24.9 Å². The Morgan fingerprint density at radius 3 is 2.64 bits per heavy atom. The Balaban J connectivity index is 1.71. The number of aromatic nitrogens is 5. The van der Waals surface area contributed by atoms with Crippen molar-refractivity contribution in [2.45, 2.75) is 50.4 Å². The van der Waals surface area contributed by atoms with Crippen LogP contribution < -0.4 is 5.32 Å². The molecule has 3 aromatic heterocycles. The summed E-state index contributed by atoms with van der Waals surface area (Å²) in [7, 11) is 0. The van der Waals surface area contributed by atoms with E-state index in [2.05, 4.69) is 32.6 Å². The zero-order chi connectivity index (χ0) is 23.2. The zero-order valence-electron chi connectivity index (χ0n) is 18.9. The van der Waals surface area contributed by atoms with E-state index in [9.17, 15) is 4.79 Å². The molecular weight excluding hydrogens is 436 g/mol. The number of aryl methyl sites for hydroxylation is 2. The number of thioether (sulfide) groups is 1. The van der Waals surface area contributed by atoms with Gasteiger partial charge in [0.1, 0.15) is 5.76 Å². The van der Waals surface area contributed by atoms with Gasteiger partial charge in [0, 0.05) is 24.0 Å². The van der Waals surface area contributed by atoms with Crippen LogP contribution in [0.5, 0.6) is 0 Å². The molecule has 0 saturated heterocycles. The smallest absolute Gasteiger partial charge is 0.239 e. The van der Waals surface area contributed by atoms with Gasteiger partial charge in [-0.2, -0.15) is 0 Å². The number of anilines is 1. The Morgan fingerprint density at radius 2 is 1.94 bits per heavy atom. The molecular formula is C24H26N6O2S. The number of carbonyl (C=O) groups excluding carboxylic acids is 1. The molecule has 1 aromatic carbocycles. The van der Waals surface area contributed by atoms with Crippen molar-refractivity contribution in [3.8, 4) is 17.1 Å². The molecule has 3 heterocycles. The van der Waals surface area contributed by atoms with Crippen molar-refractivity contribution in [2.75, 3.05) is 5.32 Å². The van der Waals surface area contributed by atoms with E-state index in [1.54, 1.807) is 25.4 Å². The van der Waals surface area contributed by atoms with Gasteiger partial charge in [-0.15, -0.1) is 10.2 Å². The number of para-hydroxylation sites is 1. The first kappa shape index (κ1) is 22.7. The lowest BCUT2D eigenvalue weighted by Gasteiger charge is -2.17. The van der Waals surface area contributed by atoms with Crippen LogP contribution in [0.4, 0.5) is 5.82 Å². The predicted molar refractivity (Wildman–Crippen MR) is 128 cm³/mol. The summed E-state index contributed by atoms with van der Waals surface area (Å²) in [6, 6.07) is 13.6. The van der Waals surface area contributed by atoms with Crippen molar-refractivity contribution in [2.24, 2.45) is 0 Å². The molecule has 0 aliphatic carbocycles. The maximum atomic E-state index is 13.1. The molecule has 170 valence electrons. The van der Waals surface area contributed by atoms with Crippen LogP contribution in [0.25, 0.3) is 17.1 Å². The third-order valence-electron chi connectivity index (χ3n) is 5.17. The molecule has 4 aromatic rings. The molecule has 0 aliphatic rings. The summed E-state index contributed by atoms with van der Waals surface area (Å²) < 4.78 is 7.10. The summed E-state index contributed by atoms with van der Waals surface area (Å²) in [5.74, 6) is 1.63. The first-order chi connectivity index (χ1) is 16.1. The second kappa shape index (κ2) is 10.4. The van der Waals surface area contributed by atoms with Gasteiger partial charge in [0.05, 0.1) is 10.9 Å². The van der Waals surface area contributed by atoms with Crippen LogP contribution in [0.2, 0.25) is 0 Å². The second-order valence-electron chi connectivity index (χ2n) is 7.72. The van der Waals surface area contributed by atoms with Crippen LogP contribution in [-0.4, -0.2) is 36.1 Å². The number of carbonyl (C=O) groups is 1. The lowest BCUT2D eigenvalue weighted by molar-refractivity contribution is -0.115. The lowest BCUT2D eigenvalue weighted by atomic mass is 10.2. The first-order valence-electron chi connectivity index (χ1n) is 10.9. The maximum Gasteiger partial charge on any atom is 0.239 e. The van der Waals surface area contributed by atoms with E-state index in [1.807, 2.05) is 47.9 Å². The Labute approximate surface area is 196 Å². The third-order valence-corrected chi connectivity index (χ3v) is 6.38. The molecule has 4 rings (SSSR count). The highest BCUT2D eigenvalue weighted by molar-refractivity contribution is 8.00. The Bertz CT molecular complexity index is 1220.